The number of carbonyl (C=O) groups is 2. The predicted molar refractivity (Wildman–Crippen MR) is 85.2 cm³/mol. The highest BCUT2D eigenvalue weighted by atomic mass is 32.1. The summed E-state index contributed by atoms with van der Waals surface area (Å²) in [5.74, 6) is 3.82. The Kier molecular flexibility index (Phi) is 5.18. The number of benzene rings is 1. The van der Waals surface area contributed by atoms with Gasteiger partial charge >= 0.3 is 0 Å². The average molecular weight is 332 g/mol. The lowest BCUT2D eigenvalue weighted by Crippen LogP contribution is -2.38. The third-order valence-electron chi connectivity index (χ3n) is 2.80. The van der Waals surface area contributed by atoms with E-state index >= 15 is 0 Å². The Morgan fingerprint density at radius 2 is 1.96 bits per heavy atom. The number of para-hydroxylation sites is 1. The quantitative estimate of drug-likeness (QED) is 0.251. The smallest absolute Gasteiger partial charge is 0.281 e. The Bertz CT molecular complexity index is 771. The summed E-state index contributed by atoms with van der Waals surface area (Å²) in [6, 6.07) is 9.11. The molecule has 1 aromatic carbocycles. The fourth-order valence-corrected chi connectivity index (χ4v) is 2.38. The number of nitro benzene ring substituents is 1. The molecule has 118 valence electrons. The van der Waals surface area contributed by atoms with Crippen molar-refractivity contribution < 1.29 is 14.5 Å². The molecule has 0 aliphatic carbocycles. The molecule has 0 fully saturated rings. The average Bonchev–Trinajstić information content (AvgIpc) is 3.08. The van der Waals surface area contributed by atoms with E-state index in [1.165, 1.54) is 35.6 Å². The molecule has 0 unspecified atom stereocenters. The first-order chi connectivity index (χ1) is 11.0. The molecule has 0 bridgehead atoms. The number of rotatable bonds is 5. The Balaban J connectivity index is 2.37. The van der Waals surface area contributed by atoms with Gasteiger partial charge in [-0.05, 0) is 23.6 Å². The second-order valence-electron chi connectivity index (χ2n) is 4.28. The molecule has 0 saturated carbocycles. The second kappa shape index (κ2) is 7.29. The van der Waals surface area contributed by atoms with Crippen LogP contribution in [-0.2, 0) is 4.79 Å². The van der Waals surface area contributed by atoms with Crippen molar-refractivity contribution in [3.8, 4) is 0 Å². The van der Waals surface area contributed by atoms with Gasteiger partial charge in [-0.3, -0.25) is 25.1 Å². The molecule has 2 amide bonds. The van der Waals surface area contributed by atoms with Gasteiger partial charge in [0.25, 0.3) is 17.5 Å². The van der Waals surface area contributed by atoms with Crippen LogP contribution in [0.3, 0.4) is 0 Å². The minimum Gasteiger partial charge on any atom is -0.317 e. The van der Waals surface area contributed by atoms with Crippen LogP contribution in [0.15, 0.2) is 47.5 Å². The van der Waals surface area contributed by atoms with Gasteiger partial charge in [-0.25, -0.2) is 5.84 Å². The van der Waals surface area contributed by atoms with Gasteiger partial charge in [0.1, 0.15) is 5.70 Å². The molecule has 9 heteroatoms. The van der Waals surface area contributed by atoms with Crippen LogP contribution < -0.4 is 16.6 Å². The summed E-state index contributed by atoms with van der Waals surface area (Å²) >= 11 is 1.20. The Hall–Kier alpha value is -3.04. The lowest BCUT2D eigenvalue weighted by molar-refractivity contribution is -0.385. The summed E-state index contributed by atoms with van der Waals surface area (Å²) in [7, 11) is 0. The Morgan fingerprint density at radius 1 is 1.22 bits per heavy atom. The molecular formula is C14H12N4O4S. The van der Waals surface area contributed by atoms with Gasteiger partial charge in [0.05, 0.1) is 15.4 Å². The number of amides is 2. The van der Waals surface area contributed by atoms with Crippen LogP contribution in [0.4, 0.5) is 5.69 Å². The number of nitrogens with two attached hydrogens (primary N) is 1. The maximum absolute atomic E-state index is 12.0. The first kappa shape index (κ1) is 16.3. The van der Waals surface area contributed by atoms with Crippen molar-refractivity contribution >= 4 is 34.9 Å². The topological polar surface area (TPSA) is 127 Å². The highest BCUT2D eigenvalue weighted by Crippen LogP contribution is 2.20. The number of hydrogen-bond acceptors (Lipinski definition) is 6. The number of thiophene rings is 1. The van der Waals surface area contributed by atoms with Crippen molar-refractivity contribution in [3.63, 3.8) is 0 Å². The minimum absolute atomic E-state index is 0.169. The maximum atomic E-state index is 12.0. The predicted octanol–water partition coefficient (Wildman–Crippen LogP) is 1.42. The second-order valence-corrected chi connectivity index (χ2v) is 5.23. The molecule has 4 N–H and O–H groups in total. The monoisotopic (exact) mass is 332 g/mol. The Labute approximate surface area is 134 Å². The zero-order chi connectivity index (χ0) is 16.8. The SMILES string of the molecule is NNC(=O)/C(=C/c1ccccc1[N+](=O)[O-])NC(=O)c1cccs1. The molecule has 0 saturated heterocycles. The summed E-state index contributed by atoms with van der Waals surface area (Å²) in [5.41, 5.74) is 1.68. The van der Waals surface area contributed by atoms with E-state index in [-0.39, 0.29) is 16.9 Å². The molecule has 2 rings (SSSR count). The molecule has 1 aromatic heterocycles. The molecule has 0 atom stereocenters. The maximum Gasteiger partial charge on any atom is 0.281 e. The van der Waals surface area contributed by atoms with E-state index in [2.05, 4.69) is 5.32 Å². The van der Waals surface area contributed by atoms with E-state index in [1.54, 1.807) is 23.6 Å². The van der Waals surface area contributed by atoms with Crippen molar-refractivity contribution in [2.75, 3.05) is 0 Å². The third-order valence-corrected chi connectivity index (χ3v) is 3.67. The number of hydrogen-bond donors (Lipinski definition) is 3. The van der Waals surface area contributed by atoms with Gasteiger partial charge in [-0.2, -0.15) is 0 Å². The largest absolute Gasteiger partial charge is 0.317 e. The van der Waals surface area contributed by atoms with Gasteiger partial charge in [0.15, 0.2) is 0 Å². The summed E-state index contributed by atoms with van der Waals surface area (Å²) < 4.78 is 0. The zero-order valence-corrected chi connectivity index (χ0v) is 12.5. The molecule has 2 aromatic rings. The first-order valence-electron chi connectivity index (χ1n) is 6.34. The van der Waals surface area contributed by atoms with Crippen molar-refractivity contribution in [2.24, 2.45) is 5.84 Å². The fraction of sp³-hybridized carbons (Fsp3) is 0. The summed E-state index contributed by atoms with van der Waals surface area (Å²) in [4.78, 5) is 34.7. The number of carbonyl (C=O) groups excluding carboxylic acids is 2. The molecule has 23 heavy (non-hydrogen) atoms. The van der Waals surface area contributed by atoms with E-state index in [1.807, 2.05) is 5.43 Å². The third kappa shape index (κ3) is 3.99. The van der Waals surface area contributed by atoms with Crippen LogP contribution in [0.2, 0.25) is 0 Å². The van der Waals surface area contributed by atoms with Crippen molar-refractivity contribution in [2.45, 2.75) is 0 Å². The molecule has 8 nitrogen and oxygen atoms in total. The lowest BCUT2D eigenvalue weighted by Gasteiger charge is -2.08. The van der Waals surface area contributed by atoms with Gasteiger partial charge in [0, 0.05) is 6.07 Å². The van der Waals surface area contributed by atoms with Crippen LogP contribution in [0.1, 0.15) is 15.2 Å². The van der Waals surface area contributed by atoms with E-state index in [9.17, 15) is 19.7 Å². The van der Waals surface area contributed by atoms with Crippen LogP contribution in [0.5, 0.6) is 0 Å². The zero-order valence-electron chi connectivity index (χ0n) is 11.7. The highest BCUT2D eigenvalue weighted by Gasteiger charge is 2.17. The van der Waals surface area contributed by atoms with E-state index in [4.69, 9.17) is 5.84 Å². The van der Waals surface area contributed by atoms with E-state index < -0.39 is 16.7 Å². The minimum atomic E-state index is -0.770. The highest BCUT2D eigenvalue weighted by molar-refractivity contribution is 7.12. The lowest BCUT2D eigenvalue weighted by atomic mass is 10.1. The standard InChI is InChI=1S/C14H12N4O4S/c15-17-13(19)10(16-14(20)12-6-3-7-23-12)8-9-4-1-2-5-11(9)18(21)22/h1-8H,15H2,(H,16,20)(H,17,19)/b10-8-. The molecule has 0 spiro atoms. The van der Waals surface area contributed by atoms with Crippen molar-refractivity contribution in [3.05, 3.63) is 68.0 Å². The van der Waals surface area contributed by atoms with Gasteiger partial charge in [-0.15, -0.1) is 11.3 Å². The summed E-state index contributed by atoms with van der Waals surface area (Å²) in [6.07, 6.45) is 1.20. The van der Waals surface area contributed by atoms with Crippen LogP contribution >= 0.6 is 11.3 Å². The van der Waals surface area contributed by atoms with E-state index in [0.717, 1.165) is 0 Å². The fourth-order valence-electron chi connectivity index (χ4n) is 1.76. The van der Waals surface area contributed by atoms with Gasteiger partial charge in [-0.1, -0.05) is 18.2 Å². The molecule has 1 heterocycles. The Morgan fingerprint density at radius 3 is 2.57 bits per heavy atom. The number of nitro groups is 1. The normalized spacial score (nSPS) is 10.9. The summed E-state index contributed by atoms with van der Waals surface area (Å²) in [6.45, 7) is 0. The van der Waals surface area contributed by atoms with Crippen LogP contribution in [-0.4, -0.2) is 16.7 Å². The molecule has 0 radical (unpaired) electrons. The number of nitrogens with zero attached hydrogens (tertiary/aromatic N) is 1. The van der Waals surface area contributed by atoms with Crippen molar-refractivity contribution in [1.29, 1.82) is 0 Å². The van der Waals surface area contributed by atoms with Gasteiger partial charge in [0.2, 0.25) is 0 Å². The molecule has 0 aliphatic heterocycles. The number of nitrogens with one attached hydrogen (secondary N) is 2. The molecule has 0 aliphatic rings. The van der Waals surface area contributed by atoms with Gasteiger partial charge < -0.3 is 5.32 Å². The van der Waals surface area contributed by atoms with Crippen molar-refractivity contribution in [1.82, 2.24) is 10.7 Å². The van der Waals surface area contributed by atoms with E-state index in [0.29, 0.717) is 4.88 Å². The first-order valence-corrected chi connectivity index (χ1v) is 7.22. The summed E-state index contributed by atoms with van der Waals surface area (Å²) in [5, 5.41) is 15.1. The molecular weight excluding hydrogens is 320 g/mol. The van der Waals surface area contributed by atoms with Crippen LogP contribution in [0, 0.1) is 10.1 Å². The number of hydrazine groups is 1. The van der Waals surface area contributed by atoms with Crippen LogP contribution in [0.25, 0.3) is 6.08 Å².